The van der Waals surface area contributed by atoms with Crippen molar-refractivity contribution in [3.05, 3.63) is 28.5 Å². The van der Waals surface area contributed by atoms with Crippen LogP contribution in [-0.4, -0.2) is 18.5 Å². The number of amides is 1. The van der Waals surface area contributed by atoms with Gasteiger partial charge in [-0.2, -0.15) is 0 Å². The lowest BCUT2D eigenvalue weighted by atomic mass is 10.2. The molecule has 3 nitrogen and oxygen atoms in total. The fraction of sp³-hybridized carbons (Fsp3) is 0.417. The molecular formula is C12H16BrFN2O. The summed E-state index contributed by atoms with van der Waals surface area (Å²) in [6.45, 7) is 4.31. The number of carbonyl (C=O) groups is 1. The van der Waals surface area contributed by atoms with E-state index in [9.17, 15) is 9.18 Å². The molecule has 0 aromatic heterocycles. The molecule has 0 spiro atoms. The second-order valence-electron chi connectivity index (χ2n) is 3.78. The lowest BCUT2D eigenvalue weighted by Gasteiger charge is -2.15. The van der Waals surface area contributed by atoms with Crippen molar-refractivity contribution in [2.45, 2.75) is 26.3 Å². The summed E-state index contributed by atoms with van der Waals surface area (Å²) in [4.78, 5) is 11.6. The summed E-state index contributed by atoms with van der Waals surface area (Å²) < 4.78 is 14.2. The maximum Gasteiger partial charge on any atom is 0.242 e. The molecule has 1 amide bonds. The Kier molecular flexibility index (Phi) is 5.41. The van der Waals surface area contributed by atoms with Gasteiger partial charge in [0, 0.05) is 11.0 Å². The normalized spacial score (nSPS) is 12.0. The Balaban J connectivity index is 2.64. The summed E-state index contributed by atoms with van der Waals surface area (Å²) in [5, 5.41) is 5.59. The Bertz CT molecular complexity index is 398. The maximum atomic E-state index is 13.4. The SMILES string of the molecule is CCCNC(=O)C(C)Nc1cc(Br)ccc1F. The second kappa shape index (κ2) is 6.59. The molecule has 0 aliphatic heterocycles. The van der Waals surface area contributed by atoms with Gasteiger partial charge in [0.2, 0.25) is 5.91 Å². The molecule has 1 rings (SSSR count). The predicted molar refractivity (Wildman–Crippen MR) is 70.5 cm³/mol. The second-order valence-corrected chi connectivity index (χ2v) is 4.70. The van der Waals surface area contributed by atoms with Gasteiger partial charge in [-0.1, -0.05) is 22.9 Å². The number of nitrogens with one attached hydrogen (secondary N) is 2. The highest BCUT2D eigenvalue weighted by molar-refractivity contribution is 9.10. The van der Waals surface area contributed by atoms with Gasteiger partial charge in [0.25, 0.3) is 0 Å². The van der Waals surface area contributed by atoms with Crippen LogP contribution in [0, 0.1) is 5.82 Å². The van der Waals surface area contributed by atoms with E-state index in [4.69, 9.17) is 0 Å². The third kappa shape index (κ3) is 4.34. The van der Waals surface area contributed by atoms with Crippen LogP contribution in [0.1, 0.15) is 20.3 Å². The maximum absolute atomic E-state index is 13.4. The third-order valence-electron chi connectivity index (χ3n) is 2.24. The van der Waals surface area contributed by atoms with E-state index in [0.29, 0.717) is 12.2 Å². The van der Waals surface area contributed by atoms with Crippen molar-refractivity contribution in [2.75, 3.05) is 11.9 Å². The van der Waals surface area contributed by atoms with E-state index in [1.807, 2.05) is 6.92 Å². The van der Waals surface area contributed by atoms with E-state index in [-0.39, 0.29) is 11.7 Å². The van der Waals surface area contributed by atoms with E-state index < -0.39 is 6.04 Å². The van der Waals surface area contributed by atoms with E-state index in [1.165, 1.54) is 6.07 Å². The summed E-state index contributed by atoms with van der Waals surface area (Å²) in [6, 6.07) is 4.11. The zero-order valence-electron chi connectivity index (χ0n) is 9.89. The Morgan fingerprint density at radius 2 is 2.24 bits per heavy atom. The number of carbonyl (C=O) groups excluding carboxylic acids is 1. The number of rotatable bonds is 5. The van der Waals surface area contributed by atoms with Gasteiger partial charge >= 0.3 is 0 Å². The number of benzene rings is 1. The van der Waals surface area contributed by atoms with Crippen molar-refractivity contribution >= 4 is 27.5 Å². The molecule has 94 valence electrons. The van der Waals surface area contributed by atoms with E-state index >= 15 is 0 Å². The van der Waals surface area contributed by atoms with E-state index in [1.54, 1.807) is 19.1 Å². The van der Waals surface area contributed by atoms with Crippen LogP contribution in [0.4, 0.5) is 10.1 Å². The van der Waals surface area contributed by atoms with Gasteiger partial charge in [0.15, 0.2) is 0 Å². The van der Waals surface area contributed by atoms with Gasteiger partial charge < -0.3 is 10.6 Å². The molecule has 0 radical (unpaired) electrons. The number of halogens is 2. The van der Waals surface area contributed by atoms with Crippen molar-refractivity contribution in [1.29, 1.82) is 0 Å². The molecule has 1 atom stereocenters. The number of hydrogen-bond acceptors (Lipinski definition) is 2. The summed E-state index contributed by atoms with van der Waals surface area (Å²) in [5.41, 5.74) is 0.318. The van der Waals surface area contributed by atoms with Crippen LogP contribution in [0.15, 0.2) is 22.7 Å². The van der Waals surface area contributed by atoms with Crippen LogP contribution in [0.5, 0.6) is 0 Å². The first-order valence-corrected chi connectivity index (χ1v) is 6.33. The zero-order chi connectivity index (χ0) is 12.8. The molecule has 0 saturated carbocycles. The number of hydrogen-bond donors (Lipinski definition) is 2. The first-order valence-electron chi connectivity index (χ1n) is 5.54. The van der Waals surface area contributed by atoms with Crippen molar-refractivity contribution in [3.8, 4) is 0 Å². The molecule has 0 bridgehead atoms. The summed E-state index contributed by atoms with van der Waals surface area (Å²) >= 11 is 3.26. The minimum absolute atomic E-state index is 0.133. The lowest BCUT2D eigenvalue weighted by Crippen LogP contribution is -2.38. The van der Waals surface area contributed by atoms with Crippen molar-refractivity contribution < 1.29 is 9.18 Å². The van der Waals surface area contributed by atoms with Crippen molar-refractivity contribution in [3.63, 3.8) is 0 Å². The molecule has 0 aliphatic carbocycles. The van der Waals surface area contributed by atoms with Gasteiger partial charge in [-0.05, 0) is 31.5 Å². The highest BCUT2D eigenvalue weighted by Crippen LogP contribution is 2.20. The van der Waals surface area contributed by atoms with Crippen LogP contribution in [-0.2, 0) is 4.79 Å². The minimum atomic E-state index is -0.467. The summed E-state index contributed by atoms with van der Waals surface area (Å²) in [7, 11) is 0. The molecule has 1 unspecified atom stereocenters. The van der Waals surface area contributed by atoms with Crippen LogP contribution in [0.2, 0.25) is 0 Å². The molecular weight excluding hydrogens is 287 g/mol. The van der Waals surface area contributed by atoms with Crippen LogP contribution in [0.3, 0.4) is 0 Å². The van der Waals surface area contributed by atoms with Crippen LogP contribution >= 0.6 is 15.9 Å². The number of anilines is 1. The first kappa shape index (κ1) is 14.0. The molecule has 5 heteroatoms. The first-order chi connectivity index (χ1) is 8.04. The van der Waals surface area contributed by atoms with Gasteiger partial charge in [-0.3, -0.25) is 4.79 Å². The Morgan fingerprint density at radius 3 is 2.88 bits per heavy atom. The van der Waals surface area contributed by atoms with Crippen LogP contribution < -0.4 is 10.6 Å². The fourth-order valence-corrected chi connectivity index (χ4v) is 1.67. The summed E-state index contributed by atoms with van der Waals surface area (Å²) in [5.74, 6) is -0.505. The zero-order valence-corrected chi connectivity index (χ0v) is 11.5. The van der Waals surface area contributed by atoms with Gasteiger partial charge in [0.1, 0.15) is 11.9 Å². The van der Waals surface area contributed by atoms with Gasteiger partial charge in [-0.25, -0.2) is 4.39 Å². The molecule has 2 N–H and O–H groups in total. The third-order valence-corrected chi connectivity index (χ3v) is 2.74. The standard InChI is InChI=1S/C12H16BrFN2O/c1-3-6-15-12(17)8(2)16-11-7-9(13)4-5-10(11)14/h4-5,7-8,16H,3,6H2,1-2H3,(H,15,17). The van der Waals surface area contributed by atoms with E-state index in [0.717, 1.165) is 10.9 Å². The van der Waals surface area contributed by atoms with Gasteiger partial charge in [-0.15, -0.1) is 0 Å². The predicted octanol–water partition coefficient (Wildman–Crippen LogP) is 2.91. The molecule has 0 saturated heterocycles. The quantitative estimate of drug-likeness (QED) is 0.878. The van der Waals surface area contributed by atoms with Crippen molar-refractivity contribution in [2.24, 2.45) is 0 Å². The Hall–Kier alpha value is -1.10. The monoisotopic (exact) mass is 302 g/mol. The molecule has 17 heavy (non-hydrogen) atoms. The van der Waals surface area contributed by atoms with E-state index in [2.05, 4.69) is 26.6 Å². The average molecular weight is 303 g/mol. The minimum Gasteiger partial charge on any atom is -0.371 e. The van der Waals surface area contributed by atoms with Gasteiger partial charge in [0.05, 0.1) is 5.69 Å². The van der Waals surface area contributed by atoms with Crippen molar-refractivity contribution in [1.82, 2.24) is 5.32 Å². The largest absolute Gasteiger partial charge is 0.371 e. The highest BCUT2D eigenvalue weighted by Gasteiger charge is 2.13. The smallest absolute Gasteiger partial charge is 0.242 e. The Morgan fingerprint density at radius 1 is 1.53 bits per heavy atom. The summed E-state index contributed by atoms with van der Waals surface area (Å²) in [6.07, 6.45) is 0.879. The molecule has 1 aromatic rings. The molecule has 0 fully saturated rings. The van der Waals surface area contributed by atoms with Crippen LogP contribution in [0.25, 0.3) is 0 Å². The molecule has 1 aromatic carbocycles. The highest BCUT2D eigenvalue weighted by atomic mass is 79.9. The molecule has 0 heterocycles. The molecule has 0 aliphatic rings. The fourth-order valence-electron chi connectivity index (χ4n) is 1.31. The lowest BCUT2D eigenvalue weighted by molar-refractivity contribution is -0.121. The Labute approximate surface area is 109 Å². The topological polar surface area (TPSA) is 41.1 Å². The average Bonchev–Trinajstić information content (AvgIpc) is 2.30.